The molecule has 1 fully saturated rings. The van der Waals surface area contributed by atoms with Crippen LogP contribution in [-0.2, 0) is 17.9 Å². The summed E-state index contributed by atoms with van der Waals surface area (Å²) in [5, 5.41) is 3.51. The largest absolute Gasteiger partial charge is 0.493 e. The fraction of sp³-hybridized carbons (Fsp3) is 0.455. The van der Waals surface area contributed by atoms with Crippen molar-refractivity contribution < 1.29 is 14.2 Å². The van der Waals surface area contributed by atoms with E-state index in [1.807, 2.05) is 12.1 Å². The Labute approximate surface area is 176 Å². The molecule has 0 spiro atoms. The zero-order valence-corrected chi connectivity index (χ0v) is 18.3. The van der Waals surface area contributed by atoms with Gasteiger partial charge in [-0.2, -0.15) is 0 Å². The van der Waals surface area contributed by atoms with Gasteiger partial charge in [-0.15, -0.1) is 0 Å². The summed E-state index contributed by atoms with van der Waals surface area (Å²) in [6.45, 7) is 9.10. The van der Waals surface area contributed by atoms with Crippen LogP contribution >= 0.6 is 15.9 Å². The minimum Gasteiger partial charge on any atom is -0.493 e. The number of halogens is 1. The molecule has 1 aliphatic heterocycles. The molecule has 1 aliphatic rings. The Kier molecular flexibility index (Phi) is 8.15. The molecule has 1 heterocycles. The molecular weight excluding hydrogens is 420 g/mol. The first-order chi connectivity index (χ1) is 13.7. The van der Waals surface area contributed by atoms with Crippen LogP contribution in [0.25, 0.3) is 0 Å². The summed E-state index contributed by atoms with van der Waals surface area (Å²) in [6.07, 6.45) is 0. The lowest BCUT2D eigenvalue weighted by molar-refractivity contribution is 0.0384. The maximum absolute atomic E-state index is 6.05. The first-order valence-corrected chi connectivity index (χ1v) is 10.5. The number of hydrogen-bond donors (Lipinski definition) is 1. The van der Waals surface area contributed by atoms with Gasteiger partial charge < -0.3 is 19.5 Å². The third-order valence-corrected chi connectivity index (χ3v) is 5.38. The smallest absolute Gasteiger partial charge is 0.175 e. The molecular formula is C22H29BrN2O3. The predicted octanol–water partition coefficient (Wildman–Crippen LogP) is 3.77. The summed E-state index contributed by atoms with van der Waals surface area (Å²) in [6, 6.07) is 12.5. The molecule has 0 aliphatic carbocycles. The summed E-state index contributed by atoms with van der Waals surface area (Å²) < 4.78 is 17.9. The van der Waals surface area contributed by atoms with Crippen molar-refractivity contribution in [3.63, 3.8) is 0 Å². The topological polar surface area (TPSA) is 43.0 Å². The number of nitrogens with zero attached hydrogens (tertiary/aromatic N) is 1. The second-order valence-electron chi connectivity index (χ2n) is 7.02. The van der Waals surface area contributed by atoms with Crippen LogP contribution in [0.15, 0.2) is 40.9 Å². The SMILES string of the molecule is COc1cc(CNCCN2CCOCC2)cc(Br)c1OCc1cccc(C)c1. The summed E-state index contributed by atoms with van der Waals surface area (Å²) >= 11 is 3.64. The van der Waals surface area contributed by atoms with E-state index in [0.717, 1.165) is 73.0 Å². The Morgan fingerprint density at radius 3 is 2.71 bits per heavy atom. The van der Waals surface area contributed by atoms with Crippen molar-refractivity contribution in [1.29, 1.82) is 0 Å². The molecule has 0 bridgehead atoms. The quantitative estimate of drug-likeness (QED) is 0.591. The van der Waals surface area contributed by atoms with Crippen LogP contribution in [0.5, 0.6) is 11.5 Å². The third-order valence-electron chi connectivity index (χ3n) is 4.79. The van der Waals surface area contributed by atoms with E-state index in [1.165, 1.54) is 5.56 Å². The van der Waals surface area contributed by atoms with Crippen molar-refractivity contribution in [3.05, 3.63) is 57.6 Å². The van der Waals surface area contributed by atoms with Crippen molar-refractivity contribution in [3.8, 4) is 11.5 Å². The molecule has 0 amide bonds. The number of morpholine rings is 1. The van der Waals surface area contributed by atoms with Gasteiger partial charge in [0.05, 0.1) is 24.8 Å². The lowest BCUT2D eigenvalue weighted by Gasteiger charge is -2.26. The van der Waals surface area contributed by atoms with E-state index in [-0.39, 0.29) is 0 Å². The van der Waals surface area contributed by atoms with Gasteiger partial charge in [-0.05, 0) is 46.1 Å². The maximum Gasteiger partial charge on any atom is 0.175 e. The number of benzene rings is 2. The Balaban J connectivity index is 1.54. The van der Waals surface area contributed by atoms with E-state index in [0.29, 0.717) is 6.61 Å². The Morgan fingerprint density at radius 2 is 1.96 bits per heavy atom. The van der Waals surface area contributed by atoms with Crippen molar-refractivity contribution >= 4 is 15.9 Å². The number of hydrogen-bond acceptors (Lipinski definition) is 5. The minimum atomic E-state index is 0.508. The van der Waals surface area contributed by atoms with Crippen LogP contribution in [0.3, 0.4) is 0 Å². The number of aryl methyl sites for hydroxylation is 1. The minimum absolute atomic E-state index is 0.508. The Morgan fingerprint density at radius 1 is 1.14 bits per heavy atom. The monoisotopic (exact) mass is 448 g/mol. The fourth-order valence-electron chi connectivity index (χ4n) is 3.27. The predicted molar refractivity (Wildman–Crippen MR) is 115 cm³/mol. The molecule has 6 heteroatoms. The number of nitrogens with one attached hydrogen (secondary N) is 1. The van der Waals surface area contributed by atoms with Gasteiger partial charge in [0.15, 0.2) is 11.5 Å². The van der Waals surface area contributed by atoms with Crippen molar-refractivity contribution in [2.75, 3.05) is 46.5 Å². The van der Waals surface area contributed by atoms with E-state index in [4.69, 9.17) is 14.2 Å². The van der Waals surface area contributed by atoms with Gasteiger partial charge >= 0.3 is 0 Å². The van der Waals surface area contributed by atoms with Gasteiger partial charge in [0.1, 0.15) is 6.61 Å². The molecule has 152 valence electrons. The molecule has 3 rings (SSSR count). The van der Waals surface area contributed by atoms with Crippen LogP contribution in [0.4, 0.5) is 0 Å². The molecule has 0 unspecified atom stereocenters. The van der Waals surface area contributed by atoms with E-state index in [2.05, 4.69) is 57.3 Å². The van der Waals surface area contributed by atoms with Gasteiger partial charge in [0.25, 0.3) is 0 Å². The molecule has 2 aromatic rings. The molecule has 0 atom stereocenters. The highest BCUT2D eigenvalue weighted by molar-refractivity contribution is 9.10. The van der Waals surface area contributed by atoms with Crippen LogP contribution in [0.1, 0.15) is 16.7 Å². The van der Waals surface area contributed by atoms with Gasteiger partial charge in [-0.25, -0.2) is 0 Å². The summed E-state index contributed by atoms with van der Waals surface area (Å²) in [4.78, 5) is 2.43. The Hall–Kier alpha value is -1.60. The fourth-order valence-corrected chi connectivity index (χ4v) is 3.87. The average molecular weight is 449 g/mol. The number of rotatable bonds is 9. The molecule has 1 N–H and O–H groups in total. The molecule has 5 nitrogen and oxygen atoms in total. The van der Waals surface area contributed by atoms with Crippen molar-refractivity contribution in [2.45, 2.75) is 20.1 Å². The van der Waals surface area contributed by atoms with E-state index < -0.39 is 0 Å². The summed E-state index contributed by atoms with van der Waals surface area (Å²) in [7, 11) is 1.68. The second-order valence-corrected chi connectivity index (χ2v) is 7.87. The zero-order valence-electron chi connectivity index (χ0n) is 16.7. The molecule has 0 radical (unpaired) electrons. The van der Waals surface area contributed by atoms with E-state index >= 15 is 0 Å². The first kappa shape index (κ1) is 21.1. The second kappa shape index (κ2) is 10.8. The van der Waals surface area contributed by atoms with Crippen LogP contribution in [-0.4, -0.2) is 51.4 Å². The lowest BCUT2D eigenvalue weighted by Crippen LogP contribution is -2.40. The Bertz CT molecular complexity index is 763. The average Bonchev–Trinajstić information content (AvgIpc) is 2.71. The highest BCUT2D eigenvalue weighted by Gasteiger charge is 2.13. The first-order valence-electron chi connectivity index (χ1n) is 9.71. The standard InChI is InChI=1S/C22H29BrN2O3/c1-17-4-3-5-18(12-17)16-28-22-20(23)13-19(14-21(22)26-2)15-24-6-7-25-8-10-27-11-9-25/h3-5,12-14,24H,6-11,15-16H2,1-2H3. The maximum atomic E-state index is 6.05. The lowest BCUT2D eigenvalue weighted by atomic mass is 10.1. The van der Waals surface area contributed by atoms with Crippen molar-refractivity contribution in [2.24, 2.45) is 0 Å². The van der Waals surface area contributed by atoms with Gasteiger partial charge in [0, 0.05) is 32.7 Å². The van der Waals surface area contributed by atoms with Gasteiger partial charge in [0.2, 0.25) is 0 Å². The van der Waals surface area contributed by atoms with Gasteiger partial charge in [-0.3, -0.25) is 4.90 Å². The summed E-state index contributed by atoms with van der Waals surface area (Å²) in [5.74, 6) is 1.48. The highest BCUT2D eigenvalue weighted by atomic mass is 79.9. The molecule has 2 aromatic carbocycles. The van der Waals surface area contributed by atoms with Crippen molar-refractivity contribution in [1.82, 2.24) is 10.2 Å². The molecule has 1 saturated heterocycles. The molecule has 0 aromatic heterocycles. The third kappa shape index (κ3) is 6.21. The van der Waals surface area contributed by atoms with Crippen LogP contribution in [0, 0.1) is 6.92 Å². The zero-order chi connectivity index (χ0) is 19.8. The van der Waals surface area contributed by atoms with Crippen LogP contribution in [0.2, 0.25) is 0 Å². The normalized spacial score (nSPS) is 14.8. The summed E-state index contributed by atoms with van der Waals surface area (Å²) in [5.41, 5.74) is 3.53. The van der Waals surface area contributed by atoms with E-state index in [9.17, 15) is 0 Å². The number of methoxy groups -OCH3 is 1. The highest BCUT2D eigenvalue weighted by Crippen LogP contribution is 2.37. The molecule has 0 saturated carbocycles. The number of ether oxygens (including phenoxy) is 3. The van der Waals surface area contributed by atoms with E-state index in [1.54, 1.807) is 7.11 Å². The van der Waals surface area contributed by atoms with Crippen LogP contribution < -0.4 is 14.8 Å². The van der Waals surface area contributed by atoms with Gasteiger partial charge in [-0.1, -0.05) is 29.8 Å². The molecule has 28 heavy (non-hydrogen) atoms.